The molecule has 1 aromatic heterocycles. The molecule has 2 aromatic carbocycles. The van der Waals surface area contributed by atoms with Gasteiger partial charge in [0.15, 0.2) is 17.4 Å². The summed E-state index contributed by atoms with van der Waals surface area (Å²) in [4.78, 5) is 12.8. The van der Waals surface area contributed by atoms with Crippen LogP contribution in [0.2, 0.25) is 0 Å². The van der Waals surface area contributed by atoms with Gasteiger partial charge in [-0.1, -0.05) is 36.1 Å². The lowest BCUT2D eigenvalue weighted by Crippen LogP contribution is -2.22. The van der Waals surface area contributed by atoms with Crippen LogP contribution in [0.5, 0.6) is 5.75 Å². The van der Waals surface area contributed by atoms with E-state index in [9.17, 15) is 13.9 Å². The smallest absolute Gasteiger partial charge is 0.178 e. The SMILES string of the molecule is C=C1N=NN(Cc2cccc(-c3ncc(O)cn3)c2)C1=N/C(=C\C)c1cc(F)cc(F)c1. The Kier molecular flexibility index (Phi) is 5.80. The zero-order valence-corrected chi connectivity index (χ0v) is 17.1. The lowest BCUT2D eigenvalue weighted by Gasteiger charge is -2.15. The second-order valence-corrected chi connectivity index (χ2v) is 6.93. The Hall–Kier alpha value is -4.27. The van der Waals surface area contributed by atoms with Crippen molar-refractivity contribution < 1.29 is 13.9 Å². The Labute approximate surface area is 182 Å². The van der Waals surface area contributed by atoms with E-state index >= 15 is 0 Å². The standard InChI is InChI=1S/C23H18F2N6O/c1-3-21(17-8-18(24)10-19(25)9-17)28-23-14(2)29-30-31(23)13-15-5-4-6-16(7-15)22-26-11-20(32)12-27-22/h3-12,32H,2,13H2,1H3/b21-3-,28-23?. The summed E-state index contributed by atoms with van der Waals surface area (Å²) in [5.41, 5.74) is 2.63. The second kappa shape index (κ2) is 8.84. The predicted octanol–water partition coefficient (Wildman–Crippen LogP) is 5.28. The van der Waals surface area contributed by atoms with Crippen LogP contribution in [-0.4, -0.2) is 25.9 Å². The fourth-order valence-corrected chi connectivity index (χ4v) is 3.14. The lowest BCUT2D eigenvalue weighted by molar-refractivity contribution is 0.433. The van der Waals surface area contributed by atoms with Gasteiger partial charge in [-0.2, -0.15) is 0 Å². The van der Waals surface area contributed by atoms with Gasteiger partial charge in [-0.25, -0.2) is 28.8 Å². The van der Waals surface area contributed by atoms with Crippen LogP contribution in [0.3, 0.4) is 0 Å². The summed E-state index contributed by atoms with van der Waals surface area (Å²) in [5, 5.41) is 19.0. The van der Waals surface area contributed by atoms with E-state index in [1.54, 1.807) is 18.0 Å². The van der Waals surface area contributed by atoms with Gasteiger partial charge < -0.3 is 5.11 Å². The third-order valence-corrected chi connectivity index (χ3v) is 4.59. The Morgan fingerprint density at radius 1 is 1.12 bits per heavy atom. The molecule has 0 aliphatic carbocycles. The van der Waals surface area contributed by atoms with Crippen molar-refractivity contribution in [1.29, 1.82) is 0 Å². The van der Waals surface area contributed by atoms with Gasteiger partial charge in [0.05, 0.1) is 24.6 Å². The van der Waals surface area contributed by atoms with Crippen molar-refractivity contribution in [2.24, 2.45) is 15.3 Å². The van der Waals surface area contributed by atoms with E-state index in [2.05, 4.69) is 31.9 Å². The first-order valence-corrected chi connectivity index (χ1v) is 9.63. The first-order valence-electron chi connectivity index (χ1n) is 9.63. The van der Waals surface area contributed by atoms with Crippen molar-refractivity contribution in [3.05, 3.63) is 96.0 Å². The van der Waals surface area contributed by atoms with Crippen LogP contribution in [0, 0.1) is 11.6 Å². The highest BCUT2D eigenvalue weighted by atomic mass is 19.1. The number of aliphatic imine (C=N–C) groups is 1. The number of rotatable bonds is 5. The fraction of sp³-hybridized carbons (Fsp3) is 0.0870. The minimum absolute atomic E-state index is 0.0142. The summed E-state index contributed by atoms with van der Waals surface area (Å²) in [5.74, 6) is -0.558. The molecule has 0 amide bonds. The molecule has 7 nitrogen and oxygen atoms in total. The normalized spacial score (nSPS) is 15.1. The zero-order chi connectivity index (χ0) is 22.7. The molecule has 0 bridgehead atoms. The Morgan fingerprint density at radius 2 is 1.84 bits per heavy atom. The molecule has 0 radical (unpaired) electrons. The van der Waals surface area contributed by atoms with E-state index in [0.29, 0.717) is 35.2 Å². The van der Waals surface area contributed by atoms with Gasteiger partial charge in [-0.05, 0) is 30.7 Å². The first-order chi connectivity index (χ1) is 15.4. The highest BCUT2D eigenvalue weighted by Crippen LogP contribution is 2.25. The lowest BCUT2D eigenvalue weighted by atomic mass is 10.1. The molecule has 0 saturated carbocycles. The number of nitrogens with zero attached hydrogens (tertiary/aromatic N) is 6. The van der Waals surface area contributed by atoms with Crippen LogP contribution in [0.15, 0.2) is 88.5 Å². The molecular formula is C23H18F2N6O. The Balaban J connectivity index is 1.61. The molecule has 0 unspecified atom stereocenters. The average Bonchev–Trinajstić information content (AvgIpc) is 3.11. The van der Waals surface area contributed by atoms with E-state index < -0.39 is 11.6 Å². The van der Waals surface area contributed by atoms with Crippen LogP contribution >= 0.6 is 0 Å². The average molecular weight is 432 g/mol. The minimum atomic E-state index is -0.690. The summed E-state index contributed by atoms with van der Waals surface area (Å²) in [7, 11) is 0. The van der Waals surface area contributed by atoms with Crippen LogP contribution in [0.25, 0.3) is 17.1 Å². The maximum atomic E-state index is 13.7. The number of aromatic hydroxyl groups is 1. The number of hydrogen-bond donors (Lipinski definition) is 1. The topological polar surface area (TPSA) is 86.3 Å². The Morgan fingerprint density at radius 3 is 2.53 bits per heavy atom. The number of hydrogen-bond acceptors (Lipinski definition) is 6. The number of amidine groups is 1. The molecule has 4 rings (SSSR count). The molecule has 32 heavy (non-hydrogen) atoms. The van der Waals surface area contributed by atoms with Crippen LogP contribution < -0.4 is 0 Å². The number of allylic oxidation sites excluding steroid dienone is 1. The molecule has 2 heterocycles. The van der Waals surface area contributed by atoms with Gasteiger partial charge in [-0.3, -0.25) is 0 Å². The summed E-state index contributed by atoms with van der Waals surface area (Å²) in [6.07, 6.45) is 4.30. The third-order valence-electron chi connectivity index (χ3n) is 4.59. The number of halogens is 2. The molecule has 0 saturated heterocycles. The van der Waals surface area contributed by atoms with E-state index in [0.717, 1.165) is 17.2 Å². The maximum absolute atomic E-state index is 13.7. The molecule has 9 heteroatoms. The van der Waals surface area contributed by atoms with Gasteiger partial charge in [0.2, 0.25) is 0 Å². The molecular weight excluding hydrogens is 414 g/mol. The van der Waals surface area contributed by atoms with Crippen LogP contribution in [0.4, 0.5) is 8.78 Å². The van der Waals surface area contributed by atoms with Gasteiger partial charge in [0, 0.05) is 17.2 Å². The van der Waals surface area contributed by atoms with E-state index in [1.807, 2.05) is 24.3 Å². The van der Waals surface area contributed by atoms with Gasteiger partial charge in [0.1, 0.15) is 17.3 Å². The van der Waals surface area contributed by atoms with Crippen LogP contribution in [-0.2, 0) is 6.54 Å². The van der Waals surface area contributed by atoms with Crippen molar-refractivity contribution in [2.45, 2.75) is 13.5 Å². The molecule has 0 atom stereocenters. The molecule has 1 N–H and O–H groups in total. The number of aromatic nitrogens is 2. The third kappa shape index (κ3) is 4.56. The molecule has 1 aliphatic heterocycles. The van der Waals surface area contributed by atoms with Gasteiger partial charge >= 0.3 is 0 Å². The monoisotopic (exact) mass is 432 g/mol. The molecule has 1 aliphatic rings. The highest BCUT2D eigenvalue weighted by Gasteiger charge is 2.22. The Bertz CT molecular complexity index is 1250. The van der Waals surface area contributed by atoms with Crippen molar-refractivity contribution in [2.75, 3.05) is 0 Å². The summed E-state index contributed by atoms with van der Waals surface area (Å²) < 4.78 is 27.3. The van der Waals surface area contributed by atoms with E-state index in [1.165, 1.54) is 24.5 Å². The van der Waals surface area contributed by atoms with Gasteiger partial charge in [-0.15, -0.1) is 5.11 Å². The summed E-state index contributed by atoms with van der Waals surface area (Å²) in [6.45, 7) is 5.91. The first kappa shape index (κ1) is 21.0. The fourth-order valence-electron chi connectivity index (χ4n) is 3.14. The second-order valence-electron chi connectivity index (χ2n) is 6.93. The largest absolute Gasteiger partial charge is 0.505 e. The molecule has 3 aromatic rings. The van der Waals surface area contributed by atoms with Gasteiger partial charge in [0.25, 0.3) is 0 Å². The minimum Gasteiger partial charge on any atom is -0.505 e. The quantitative estimate of drug-likeness (QED) is 0.594. The van der Waals surface area contributed by atoms with Crippen molar-refractivity contribution in [1.82, 2.24) is 15.0 Å². The molecule has 160 valence electrons. The van der Waals surface area contributed by atoms with Crippen molar-refractivity contribution in [3.8, 4) is 17.1 Å². The number of benzene rings is 2. The van der Waals surface area contributed by atoms with E-state index in [4.69, 9.17) is 0 Å². The molecule has 0 spiro atoms. The maximum Gasteiger partial charge on any atom is 0.178 e. The van der Waals surface area contributed by atoms with E-state index in [-0.39, 0.29) is 5.75 Å². The molecule has 0 fully saturated rings. The highest BCUT2D eigenvalue weighted by molar-refractivity contribution is 6.01. The van der Waals surface area contributed by atoms with Crippen molar-refractivity contribution >= 4 is 11.5 Å². The summed E-state index contributed by atoms with van der Waals surface area (Å²) in [6, 6.07) is 10.7. The summed E-state index contributed by atoms with van der Waals surface area (Å²) >= 11 is 0. The zero-order valence-electron chi connectivity index (χ0n) is 17.1. The van der Waals surface area contributed by atoms with Crippen molar-refractivity contribution in [3.63, 3.8) is 0 Å². The van der Waals surface area contributed by atoms with Crippen LogP contribution in [0.1, 0.15) is 18.1 Å². The predicted molar refractivity (Wildman–Crippen MR) is 116 cm³/mol.